The fraction of sp³-hybridized carbons (Fsp3) is 0.188. The van der Waals surface area contributed by atoms with Crippen LogP contribution in [-0.2, 0) is 0 Å². The van der Waals surface area contributed by atoms with Gasteiger partial charge in [0.15, 0.2) is 0 Å². The van der Waals surface area contributed by atoms with Gasteiger partial charge in [0.25, 0.3) is 0 Å². The second kappa shape index (κ2) is 6.57. The lowest BCUT2D eigenvalue weighted by atomic mass is 10.2. The van der Waals surface area contributed by atoms with Crippen molar-refractivity contribution >= 4 is 20.6 Å². The Morgan fingerprint density at radius 3 is 1.80 bits per heavy atom. The number of ether oxygens (including phenoxy) is 2. The van der Waals surface area contributed by atoms with Crippen molar-refractivity contribution in [3.8, 4) is 17.2 Å². The smallest absolute Gasteiger partial charge is 0.228 e. The molecule has 2 rings (SSSR count). The molecule has 0 fully saturated rings. The largest absolute Gasteiger partial charge is 0.491 e. The van der Waals surface area contributed by atoms with E-state index in [1.165, 1.54) is 0 Å². The first-order valence-electron chi connectivity index (χ1n) is 6.29. The maximum atomic E-state index is 11.1. The van der Waals surface area contributed by atoms with Crippen molar-refractivity contribution in [1.29, 1.82) is 0 Å². The van der Waals surface area contributed by atoms with Gasteiger partial charge in [-0.15, -0.1) is 0 Å². The SMILES string of the molecule is CC(C)Oc1ccc(Oc2ccc(C(=O)Br)cc2)cc1. The van der Waals surface area contributed by atoms with Crippen LogP contribution >= 0.6 is 15.9 Å². The highest BCUT2D eigenvalue weighted by atomic mass is 79.9. The van der Waals surface area contributed by atoms with E-state index in [0.717, 1.165) is 11.5 Å². The number of hydrogen-bond acceptors (Lipinski definition) is 3. The van der Waals surface area contributed by atoms with Gasteiger partial charge in [-0.05, 0) is 78.3 Å². The van der Waals surface area contributed by atoms with Gasteiger partial charge in [0, 0.05) is 5.56 Å². The molecule has 4 heteroatoms. The van der Waals surface area contributed by atoms with E-state index >= 15 is 0 Å². The zero-order chi connectivity index (χ0) is 14.5. The lowest BCUT2D eigenvalue weighted by Gasteiger charge is -2.10. The minimum Gasteiger partial charge on any atom is -0.491 e. The first-order valence-corrected chi connectivity index (χ1v) is 7.08. The van der Waals surface area contributed by atoms with Crippen LogP contribution in [0, 0.1) is 0 Å². The van der Waals surface area contributed by atoms with Crippen LogP contribution in [0.15, 0.2) is 48.5 Å². The van der Waals surface area contributed by atoms with Crippen LogP contribution in [0.5, 0.6) is 17.2 Å². The predicted octanol–water partition coefficient (Wildman–Crippen LogP) is 4.80. The molecule has 104 valence electrons. The van der Waals surface area contributed by atoms with Gasteiger partial charge in [-0.3, -0.25) is 4.79 Å². The number of halogens is 1. The van der Waals surface area contributed by atoms with Gasteiger partial charge in [0.1, 0.15) is 17.2 Å². The third-order valence-corrected chi connectivity index (χ3v) is 2.97. The molecule has 0 unspecified atom stereocenters. The Morgan fingerprint density at radius 2 is 1.35 bits per heavy atom. The topological polar surface area (TPSA) is 35.5 Å². The summed E-state index contributed by atoms with van der Waals surface area (Å²) in [6.07, 6.45) is 0.149. The Hall–Kier alpha value is -1.81. The highest BCUT2D eigenvalue weighted by molar-refractivity contribution is 9.18. The van der Waals surface area contributed by atoms with Crippen molar-refractivity contribution in [2.24, 2.45) is 0 Å². The van der Waals surface area contributed by atoms with Crippen LogP contribution in [0.2, 0.25) is 0 Å². The molecule has 0 N–H and O–H groups in total. The summed E-state index contributed by atoms with van der Waals surface area (Å²) in [6, 6.07) is 14.4. The molecular weight excluding hydrogens is 320 g/mol. The number of carbonyl (C=O) groups excluding carboxylic acids is 1. The van der Waals surface area contributed by atoms with E-state index in [4.69, 9.17) is 9.47 Å². The second-order valence-corrected chi connectivity index (χ2v) is 5.26. The van der Waals surface area contributed by atoms with Crippen LogP contribution in [0.25, 0.3) is 0 Å². The molecule has 0 radical (unpaired) electrons. The van der Waals surface area contributed by atoms with Crippen LogP contribution in [0.4, 0.5) is 0 Å². The summed E-state index contributed by atoms with van der Waals surface area (Å²) in [6.45, 7) is 3.97. The van der Waals surface area contributed by atoms with Gasteiger partial charge in [-0.1, -0.05) is 0 Å². The molecule has 2 aromatic rings. The summed E-state index contributed by atoms with van der Waals surface area (Å²) >= 11 is 2.91. The fourth-order valence-corrected chi connectivity index (χ4v) is 1.91. The summed E-state index contributed by atoms with van der Waals surface area (Å²) in [4.78, 5) is 11.1. The summed E-state index contributed by atoms with van der Waals surface area (Å²) in [5, 5.41) is 0. The summed E-state index contributed by atoms with van der Waals surface area (Å²) < 4.78 is 11.1. The Bertz CT molecular complexity index is 574. The van der Waals surface area contributed by atoms with Gasteiger partial charge in [-0.2, -0.15) is 0 Å². The maximum Gasteiger partial charge on any atom is 0.228 e. The summed E-state index contributed by atoms with van der Waals surface area (Å²) in [5.41, 5.74) is 0.595. The third kappa shape index (κ3) is 4.10. The standard InChI is InChI=1S/C16H15BrO3/c1-11(2)19-13-7-9-15(10-8-13)20-14-5-3-12(4-6-14)16(17)18/h3-11H,1-2H3. The van der Waals surface area contributed by atoms with E-state index < -0.39 is 0 Å². The normalized spacial score (nSPS) is 10.4. The van der Waals surface area contributed by atoms with E-state index in [1.54, 1.807) is 24.3 Å². The summed E-state index contributed by atoms with van der Waals surface area (Å²) in [7, 11) is 0. The molecule has 3 nitrogen and oxygen atoms in total. The molecule has 0 aromatic heterocycles. The molecule has 0 spiro atoms. The number of benzene rings is 2. The molecule has 0 saturated carbocycles. The van der Waals surface area contributed by atoms with Gasteiger partial charge < -0.3 is 9.47 Å². The van der Waals surface area contributed by atoms with Gasteiger partial charge in [-0.25, -0.2) is 0 Å². The van der Waals surface area contributed by atoms with Gasteiger partial charge in [0.05, 0.1) is 6.10 Å². The van der Waals surface area contributed by atoms with Crippen LogP contribution in [0.3, 0.4) is 0 Å². The molecule has 0 bridgehead atoms. The molecule has 0 aliphatic heterocycles. The van der Waals surface area contributed by atoms with Crippen LogP contribution in [0.1, 0.15) is 24.2 Å². The molecule has 0 saturated heterocycles. The monoisotopic (exact) mass is 334 g/mol. The molecule has 0 amide bonds. The molecule has 0 atom stereocenters. The summed E-state index contributed by atoms with van der Waals surface area (Å²) in [5.74, 6) is 2.21. The molecule has 0 aliphatic carbocycles. The van der Waals surface area contributed by atoms with Crippen molar-refractivity contribution in [3.05, 3.63) is 54.1 Å². The Morgan fingerprint density at radius 1 is 0.900 bits per heavy atom. The Kier molecular flexibility index (Phi) is 4.79. The third-order valence-electron chi connectivity index (χ3n) is 2.51. The predicted molar refractivity (Wildman–Crippen MR) is 82.0 cm³/mol. The van der Waals surface area contributed by atoms with Crippen LogP contribution < -0.4 is 9.47 Å². The van der Waals surface area contributed by atoms with Crippen molar-refractivity contribution in [3.63, 3.8) is 0 Å². The maximum absolute atomic E-state index is 11.1. The number of hydrogen-bond donors (Lipinski definition) is 0. The Balaban J connectivity index is 2.04. The van der Waals surface area contributed by atoms with Crippen molar-refractivity contribution < 1.29 is 14.3 Å². The average molecular weight is 335 g/mol. The minimum absolute atomic E-state index is 0.140. The zero-order valence-electron chi connectivity index (χ0n) is 11.3. The molecule has 20 heavy (non-hydrogen) atoms. The van der Waals surface area contributed by atoms with Gasteiger partial charge >= 0.3 is 0 Å². The lowest BCUT2D eigenvalue weighted by Crippen LogP contribution is -2.05. The van der Waals surface area contributed by atoms with E-state index in [0.29, 0.717) is 11.3 Å². The minimum atomic E-state index is -0.140. The van der Waals surface area contributed by atoms with Crippen LogP contribution in [-0.4, -0.2) is 10.8 Å². The quantitative estimate of drug-likeness (QED) is 0.736. The van der Waals surface area contributed by atoms with Crippen molar-refractivity contribution in [2.45, 2.75) is 20.0 Å². The number of carbonyl (C=O) groups is 1. The zero-order valence-corrected chi connectivity index (χ0v) is 12.9. The van der Waals surface area contributed by atoms with E-state index in [9.17, 15) is 4.79 Å². The fourth-order valence-electron chi connectivity index (χ4n) is 1.65. The first kappa shape index (κ1) is 14.6. The second-order valence-electron chi connectivity index (χ2n) is 4.54. The molecule has 0 aliphatic rings. The van der Waals surface area contributed by atoms with Crippen molar-refractivity contribution in [1.82, 2.24) is 0 Å². The Labute approximate surface area is 126 Å². The van der Waals surface area contributed by atoms with Gasteiger partial charge in [0.2, 0.25) is 4.69 Å². The number of rotatable bonds is 5. The van der Waals surface area contributed by atoms with E-state index in [-0.39, 0.29) is 10.8 Å². The molecule has 2 aromatic carbocycles. The highest BCUT2D eigenvalue weighted by Crippen LogP contribution is 2.24. The lowest BCUT2D eigenvalue weighted by molar-refractivity contribution is 0.109. The van der Waals surface area contributed by atoms with Crippen molar-refractivity contribution in [2.75, 3.05) is 0 Å². The molecule has 0 heterocycles. The van der Waals surface area contributed by atoms with E-state index in [2.05, 4.69) is 15.9 Å². The first-order chi connectivity index (χ1) is 9.54. The molecular formula is C16H15BrO3. The highest BCUT2D eigenvalue weighted by Gasteiger charge is 2.03. The van der Waals surface area contributed by atoms with E-state index in [1.807, 2.05) is 38.1 Å². The average Bonchev–Trinajstić information content (AvgIpc) is 2.41.